The standard InChI is InChI=1S/C18H15N3O3S/c1-3-9-20-16(10-12-5-7-13(8-6-12)21(23)24)19-17-15(18(20)22)11-14(4-2)25-17/h1,5-8,11H,4,9-10H2,2H3. The Kier molecular flexibility index (Phi) is 4.63. The number of terminal acetylenes is 1. The van der Waals surface area contributed by atoms with Gasteiger partial charge in [-0.1, -0.05) is 25.0 Å². The second kappa shape index (κ2) is 6.87. The highest BCUT2D eigenvalue weighted by molar-refractivity contribution is 7.18. The lowest BCUT2D eigenvalue weighted by molar-refractivity contribution is -0.384. The average molecular weight is 353 g/mol. The second-order valence-corrected chi connectivity index (χ2v) is 6.62. The van der Waals surface area contributed by atoms with Crippen LogP contribution in [0.4, 0.5) is 5.69 Å². The fraction of sp³-hybridized carbons (Fsp3) is 0.222. The van der Waals surface area contributed by atoms with Crippen LogP contribution in [0.15, 0.2) is 35.1 Å². The predicted molar refractivity (Wildman–Crippen MR) is 98.0 cm³/mol. The van der Waals surface area contributed by atoms with Gasteiger partial charge in [0.1, 0.15) is 10.7 Å². The van der Waals surface area contributed by atoms with Gasteiger partial charge in [0.05, 0.1) is 16.9 Å². The summed E-state index contributed by atoms with van der Waals surface area (Å²) in [4.78, 5) is 29.5. The van der Waals surface area contributed by atoms with E-state index >= 15 is 0 Å². The largest absolute Gasteiger partial charge is 0.284 e. The van der Waals surface area contributed by atoms with E-state index in [1.165, 1.54) is 28.0 Å². The van der Waals surface area contributed by atoms with Gasteiger partial charge in [-0.05, 0) is 18.1 Å². The van der Waals surface area contributed by atoms with Crippen molar-refractivity contribution in [1.82, 2.24) is 9.55 Å². The van der Waals surface area contributed by atoms with Gasteiger partial charge in [0.25, 0.3) is 11.2 Å². The number of aromatic nitrogens is 2. The molecule has 0 saturated carbocycles. The molecule has 25 heavy (non-hydrogen) atoms. The molecule has 7 heteroatoms. The molecule has 2 heterocycles. The first kappa shape index (κ1) is 16.9. The molecule has 0 N–H and O–H groups in total. The normalized spacial score (nSPS) is 10.7. The first-order valence-electron chi connectivity index (χ1n) is 7.72. The monoisotopic (exact) mass is 353 g/mol. The summed E-state index contributed by atoms with van der Waals surface area (Å²) in [5.74, 6) is 3.06. The minimum atomic E-state index is -0.444. The van der Waals surface area contributed by atoms with Crippen LogP contribution >= 0.6 is 11.3 Å². The Morgan fingerprint density at radius 1 is 1.36 bits per heavy atom. The molecule has 3 aromatic rings. The van der Waals surface area contributed by atoms with Crippen molar-refractivity contribution in [1.29, 1.82) is 0 Å². The molecule has 0 atom stereocenters. The van der Waals surface area contributed by atoms with E-state index < -0.39 is 4.92 Å². The van der Waals surface area contributed by atoms with Crippen molar-refractivity contribution in [2.45, 2.75) is 26.3 Å². The van der Waals surface area contributed by atoms with Crippen molar-refractivity contribution in [3.8, 4) is 12.3 Å². The van der Waals surface area contributed by atoms with Crippen LogP contribution in [0, 0.1) is 22.5 Å². The Hall–Kier alpha value is -2.98. The van der Waals surface area contributed by atoms with E-state index in [1.54, 1.807) is 12.1 Å². The van der Waals surface area contributed by atoms with E-state index in [0.717, 1.165) is 16.9 Å². The summed E-state index contributed by atoms with van der Waals surface area (Å²) in [6.07, 6.45) is 6.63. The zero-order chi connectivity index (χ0) is 18.0. The summed E-state index contributed by atoms with van der Waals surface area (Å²) in [5.41, 5.74) is 0.713. The molecule has 0 aliphatic rings. The molecular formula is C18H15N3O3S. The van der Waals surface area contributed by atoms with E-state index in [2.05, 4.69) is 10.9 Å². The molecule has 0 bridgehead atoms. The highest BCUT2D eigenvalue weighted by Crippen LogP contribution is 2.23. The molecule has 0 unspecified atom stereocenters. The van der Waals surface area contributed by atoms with Gasteiger partial charge < -0.3 is 0 Å². The summed E-state index contributed by atoms with van der Waals surface area (Å²) in [6, 6.07) is 8.09. The maximum atomic E-state index is 12.7. The zero-order valence-corrected chi connectivity index (χ0v) is 14.4. The minimum Gasteiger partial charge on any atom is -0.284 e. The van der Waals surface area contributed by atoms with Crippen LogP contribution in [-0.2, 0) is 19.4 Å². The number of rotatable bonds is 5. The Morgan fingerprint density at radius 3 is 2.68 bits per heavy atom. The summed E-state index contributed by atoms with van der Waals surface area (Å²) >= 11 is 1.50. The maximum absolute atomic E-state index is 12.7. The Labute approximate surface area is 147 Å². The SMILES string of the molecule is C#CCn1c(Cc2ccc([N+](=O)[O-])cc2)nc2sc(CC)cc2c1=O. The van der Waals surface area contributed by atoms with Gasteiger partial charge in [0.2, 0.25) is 0 Å². The summed E-state index contributed by atoms with van der Waals surface area (Å²) in [7, 11) is 0. The number of benzene rings is 1. The average Bonchev–Trinajstić information content (AvgIpc) is 3.02. The number of fused-ring (bicyclic) bond motifs is 1. The van der Waals surface area contributed by atoms with Crippen LogP contribution in [0.1, 0.15) is 23.2 Å². The van der Waals surface area contributed by atoms with Gasteiger partial charge in [-0.15, -0.1) is 17.8 Å². The first-order valence-corrected chi connectivity index (χ1v) is 8.54. The van der Waals surface area contributed by atoms with Crippen LogP contribution in [0.2, 0.25) is 0 Å². The van der Waals surface area contributed by atoms with E-state index in [0.29, 0.717) is 22.5 Å². The Bertz CT molecular complexity index is 1040. The molecule has 1 aromatic carbocycles. The number of aryl methyl sites for hydroxylation is 1. The molecule has 3 rings (SSSR count). The highest BCUT2D eigenvalue weighted by Gasteiger charge is 2.14. The smallest absolute Gasteiger partial charge is 0.269 e. The van der Waals surface area contributed by atoms with E-state index in [9.17, 15) is 14.9 Å². The molecule has 6 nitrogen and oxygen atoms in total. The fourth-order valence-corrected chi connectivity index (χ4v) is 3.57. The molecular weight excluding hydrogens is 338 g/mol. The molecule has 2 aromatic heterocycles. The van der Waals surface area contributed by atoms with Gasteiger partial charge in [0.15, 0.2) is 0 Å². The lowest BCUT2D eigenvalue weighted by Gasteiger charge is -2.09. The van der Waals surface area contributed by atoms with Crippen LogP contribution in [0.5, 0.6) is 0 Å². The van der Waals surface area contributed by atoms with Crippen LogP contribution in [-0.4, -0.2) is 14.5 Å². The number of non-ortho nitro benzene ring substituents is 1. The third-order valence-electron chi connectivity index (χ3n) is 3.89. The van der Waals surface area contributed by atoms with Gasteiger partial charge in [-0.25, -0.2) is 4.98 Å². The van der Waals surface area contributed by atoms with Crippen molar-refractivity contribution < 1.29 is 4.92 Å². The van der Waals surface area contributed by atoms with Crippen LogP contribution in [0.25, 0.3) is 10.2 Å². The van der Waals surface area contributed by atoms with Crippen molar-refractivity contribution in [3.05, 3.63) is 67.1 Å². The molecule has 0 amide bonds. The summed E-state index contributed by atoms with van der Waals surface area (Å²) in [5, 5.41) is 11.3. The number of thiophene rings is 1. The molecule has 0 fully saturated rings. The van der Waals surface area contributed by atoms with E-state index in [-0.39, 0.29) is 17.8 Å². The summed E-state index contributed by atoms with van der Waals surface area (Å²) in [6.45, 7) is 2.17. The van der Waals surface area contributed by atoms with E-state index in [4.69, 9.17) is 6.42 Å². The first-order chi connectivity index (χ1) is 12.0. The second-order valence-electron chi connectivity index (χ2n) is 5.51. The van der Waals surface area contributed by atoms with Gasteiger partial charge >= 0.3 is 0 Å². The molecule has 0 spiro atoms. The van der Waals surface area contributed by atoms with Gasteiger partial charge in [-0.2, -0.15) is 0 Å². The molecule has 0 radical (unpaired) electrons. The number of nitrogens with zero attached hydrogens (tertiary/aromatic N) is 3. The third kappa shape index (κ3) is 3.30. The minimum absolute atomic E-state index is 0.0269. The Morgan fingerprint density at radius 2 is 2.08 bits per heavy atom. The number of nitro benzene ring substituents is 1. The highest BCUT2D eigenvalue weighted by atomic mass is 32.1. The van der Waals surface area contributed by atoms with Crippen molar-refractivity contribution in [3.63, 3.8) is 0 Å². The van der Waals surface area contributed by atoms with Crippen molar-refractivity contribution in [2.24, 2.45) is 0 Å². The Balaban J connectivity index is 2.07. The maximum Gasteiger partial charge on any atom is 0.269 e. The van der Waals surface area contributed by atoms with Crippen molar-refractivity contribution in [2.75, 3.05) is 0 Å². The third-order valence-corrected chi connectivity index (χ3v) is 5.06. The molecule has 0 saturated heterocycles. The van der Waals surface area contributed by atoms with Crippen LogP contribution in [0.3, 0.4) is 0 Å². The quantitative estimate of drug-likeness (QED) is 0.401. The van der Waals surface area contributed by atoms with Gasteiger partial charge in [0, 0.05) is 23.4 Å². The van der Waals surface area contributed by atoms with Crippen LogP contribution < -0.4 is 5.56 Å². The molecule has 0 aliphatic heterocycles. The molecule has 0 aliphatic carbocycles. The van der Waals surface area contributed by atoms with Gasteiger partial charge in [-0.3, -0.25) is 19.5 Å². The zero-order valence-electron chi connectivity index (χ0n) is 13.6. The number of hydrogen-bond acceptors (Lipinski definition) is 5. The lowest BCUT2D eigenvalue weighted by Crippen LogP contribution is -2.24. The fourth-order valence-electron chi connectivity index (χ4n) is 2.59. The summed E-state index contributed by atoms with van der Waals surface area (Å²) < 4.78 is 1.50. The lowest BCUT2D eigenvalue weighted by atomic mass is 10.1. The number of hydrogen-bond donors (Lipinski definition) is 0. The molecule has 126 valence electrons. The predicted octanol–water partition coefficient (Wildman–Crippen LogP) is 3.15. The number of nitro groups is 1. The van der Waals surface area contributed by atoms with E-state index in [1.807, 2.05) is 13.0 Å². The van der Waals surface area contributed by atoms with Crippen molar-refractivity contribution >= 4 is 27.2 Å². The topological polar surface area (TPSA) is 78.0 Å².